The van der Waals surface area contributed by atoms with Crippen molar-refractivity contribution in [2.75, 3.05) is 11.9 Å². The molecule has 0 aliphatic carbocycles. The highest BCUT2D eigenvalue weighted by Gasteiger charge is 2.31. The van der Waals surface area contributed by atoms with E-state index >= 15 is 0 Å². The van der Waals surface area contributed by atoms with Gasteiger partial charge in [0.1, 0.15) is 12.4 Å². The zero-order chi connectivity index (χ0) is 17.0. The standard InChI is InChI=1S/C13H10ClF5N2OS/c14-12-21-5-8(23-12)4-20-9-3-7(13(17,18)19)1-2-10(9)22-6-11(15)16/h1-3,5,11,20H,4,6H2. The number of halogens is 6. The number of ether oxygens (including phenoxy) is 1. The van der Waals surface area contributed by atoms with Crippen LogP contribution in [0.5, 0.6) is 5.75 Å². The third kappa shape index (κ3) is 5.21. The van der Waals surface area contributed by atoms with Crippen LogP contribution in [-0.2, 0) is 12.7 Å². The van der Waals surface area contributed by atoms with Crippen LogP contribution in [0.1, 0.15) is 10.4 Å². The van der Waals surface area contributed by atoms with Crippen LogP contribution in [0.4, 0.5) is 27.6 Å². The van der Waals surface area contributed by atoms with Gasteiger partial charge >= 0.3 is 6.18 Å². The fourth-order valence-corrected chi connectivity index (χ4v) is 2.59. The monoisotopic (exact) mass is 372 g/mol. The Balaban J connectivity index is 2.20. The molecule has 0 radical (unpaired) electrons. The van der Waals surface area contributed by atoms with Crippen LogP contribution in [-0.4, -0.2) is 18.0 Å². The zero-order valence-electron chi connectivity index (χ0n) is 11.3. The molecule has 23 heavy (non-hydrogen) atoms. The molecule has 1 heterocycles. The second kappa shape index (κ2) is 7.31. The molecule has 0 spiro atoms. The second-order valence-corrected chi connectivity index (χ2v) is 6.04. The Labute approximate surface area is 137 Å². The summed E-state index contributed by atoms with van der Waals surface area (Å²) in [5, 5.41) is 2.72. The molecule has 0 saturated heterocycles. The minimum atomic E-state index is -4.55. The van der Waals surface area contributed by atoms with Gasteiger partial charge in [-0.2, -0.15) is 13.2 Å². The molecular formula is C13H10ClF5N2OS. The SMILES string of the molecule is FC(F)COc1ccc(C(F)(F)F)cc1NCc1cnc(Cl)s1. The Hall–Kier alpha value is -1.61. The Morgan fingerprint density at radius 3 is 2.61 bits per heavy atom. The number of thiazole rings is 1. The topological polar surface area (TPSA) is 34.1 Å². The quantitative estimate of drug-likeness (QED) is 0.719. The number of nitrogens with one attached hydrogen (secondary N) is 1. The van der Waals surface area contributed by atoms with E-state index in [2.05, 4.69) is 10.3 Å². The lowest BCUT2D eigenvalue weighted by Crippen LogP contribution is -2.11. The number of nitrogens with zero attached hydrogens (tertiary/aromatic N) is 1. The summed E-state index contributed by atoms with van der Waals surface area (Å²) in [7, 11) is 0. The van der Waals surface area contributed by atoms with Crippen LogP contribution in [0.25, 0.3) is 0 Å². The lowest BCUT2D eigenvalue weighted by atomic mass is 10.1. The average molecular weight is 373 g/mol. The van der Waals surface area contributed by atoms with Crippen LogP contribution >= 0.6 is 22.9 Å². The molecule has 10 heteroatoms. The van der Waals surface area contributed by atoms with Gasteiger partial charge in [-0.25, -0.2) is 13.8 Å². The Morgan fingerprint density at radius 2 is 2.04 bits per heavy atom. The molecule has 0 atom stereocenters. The zero-order valence-corrected chi connectivity index (χ0v) is 12.9. The number of anilines is 1. The molecular weight excluding hydrogens is 363 g/mol. The number of alkyl halides is 5. The van der Waals surface area contributed by atoms with Crippen molar-refractivity contribution in [2.45, 2.75) is 19.1 Å². The van der Waals surface area contributed by atoms with Crippen molar-refractivity contribution in [3.8, 4) is 5.75 Å². The van der Waals surface area contributed by atoms with Crippen molar-refractivity contribution in [3.05, 3.63) is 39.3 Å². The molecule has 1 aromatic carbocycles. The minimum Gasteiger partial charge on any atom is -0.485 e. The fourth-order valence-electron chi connectivity index (χ4n) is 1.67. The number of aromatic nitrogens is 1. The normalized spacial score (nSPS) is 11.8. The van der Waals surface area contributed by atoms with E-state index in [9.17, 15) is 22.0 Å². The smallest absolute Gasteiger partial charge is 0.416 e. The highest BCUT2D eigenvalue weighted by atomic mass is 35.5. The van der Waals surface area contributed by atoms with Gasteiger partial charge in [-0.05, 0) is 18.2 Å². The number of benzene rings is 1. The predicted molar refractivity (Wildman–Crippen MR) is 77.4 cm³/mol. The van der Waals surface area contributed by atoms with Gasteiger partial charge in [-0.3, -0.25) is 0 Å². The first-order chi connectivity index (χ1) is 10.8. The summed E-state index contributed by atoms with van der Waals surface area (Å²) in [6.45, 7) is -0.775. The number of hydrogen-bond acceptors (Lipinski definition) is 4. The van der Waals surface area contributed by atoms with E-state index in [1.54, 1.807) is 0 Å². The highest BCUT2D eigenvalue weighted by Crippen LogP contribution is 2.35. The maximum Gasteiger partial charge on any atom is 0.416 e. The first kappa shape index (κ1) is 17.7. The van der Waals surface area contributed by atoms with Gasteiger partial charge in [-0.1, -0.05) is 11.6 Å². The average Bonchev–Trinajstić information content (AvgIpc) is 2.87. The summed E-state index contributed by atoms with van der Waals surface area (Å²) in [6.07, 6.45) is -5.82. The highest BCUT2D eigenvalue weighted by molar-refractivity contribution is 7.15. The fraction of sp³-hybridized carbons (Fsp3) is 0.308. The lowest BCUT2D eigenvalue weighted by molar-refractivity contribution is -0.137. The maximum atomic E-state index is 12.8. The van der Waals surface area contributed by atoms with Crippen LogP contribution in [0, 0.1) is 0 Å². The van der Waals surface area contributed by atoms with E-state index in [0.717, 1.165) is 29.5 Å². The second-order valence-electron chi connectivity index (χ2n) is 4.34. The Bertz CT molecular complexity index is 662. The molecule has 0 aliphatic heterocycles. The van der Waals surface area contributed by atoms with E-state index < -0.39 is 24.8 Å². The molecule has 0 aliphatic rings. The molecule has 0 saturated carbocycles. The van der Waals surface area contributed by atoms with Crippen LogP contribution in [0.15, 0.2) is 24.4 Å². The molecule has 2 rings (SSSR count). The van der Waals surface area contributed by atoms with Gasteiger partial charge in [0.25, 0.3) is 6.43 Å². The van der Waals surface area contributed by atoms with Gasteiger partial charge in [0.15, 0.2) is 4.47 Å². The first-order valence-electron chi connectivity index (χ1n) is 6.22. The van der Waals surface area contributed by atoms with Crippen molar-refractivity contribution < 1.29 is 26.7 Å². The van der Waals surface area contributed by atoms with Crippen molar-refractivity contribution in [2.24, 2.45) is 0 Å². The van der Waals surface area contributed by atoms with E-state index in [4.69, 9.17) is 16.3 Å². The Morgan fingerprint density at radius 1 is 1.30 bits per heavy atom. The van der Waals surface area contributed by atoms with E-state index in [1.165, 1.54) is 6.20 Å². The summed E-state index contributed by atoms with van der Waals surface area (Å²) in [5.41, 5.74) is -0.947. The minimum absolute atomic E-state index is 0.0370. The summed E-state index contributed by atoms with van der Waals surface area (Å²) >= 11 is 6.82. The van der Waals surface area contributed by atoms with E-state index in [1.807, 2.05) is 0 Å². The number of rotatable bonds is 6. The molecule has 2 aromatic rings. The third-order valence-corrected chi connectivity index (χ3v) is 3.76. The largest absolute Gasteiger partial charge is 0.485 e. The Kier molecular flexibility index (Phi) is 5.64. The lowest BCUT2D eigenvalue weighted by Gasteiger charge is -2.15. The maximum absolute atomic E-state index is 12.8. The van der Waals surface area contributed by atoms with Gasteiger partial charge in [0.2, 0.25) is 0 Å². The summed E-state index contributed by atoms with van der Waals surface area (Å²) in [6, 6.07) is 2.59. The van der Waals surface area contributed by atoms with Gasteiger partial charge in [0.05, 0.1) is 17.8 Å². The van der Waals surface area contributed by atoms with Crippen molar-refractivity contribution in [1.29, 1.82) is 0 Å². The predicted octanol–water partition coefficient (Wildman–Crippen LogP) is 5.07. The summed E-state index contributed by atoms with van der Waals surface area (Å²) < 4.78 is 67.9. The molecule has 3 nitrogen and oxygen atoms in total. The third-order valence-electron chi connectivity index (χ3n) is 2.65. The molecule has 1 N–H and O–H groups in total. The van der Waals surface area contributed by atoms with E-state index in [0.29, 0.717) is 9.34 Å². The van der Waals surface area contributed by atoms with Crippen molar-refractivity contribution in [1.82, 2.24) is 4.98 Å². The molecule has 126 valence electrons. The van der Waals surface area contributed by atoms with Crippen molar-refractivity contribution >= 4 is 28.6 Å². The number of hydrogen-bond donors (Lipinski definition) is 1. The molecule has 0 amide bonds. The molecule has 0 fully saturated rings. The van der Waals surface area contributed by atoms with Crippen LogP contribution in [0.3, 0.4) is 0 Å². The van der Waals surface area contributed by atoms with Crippen LogP contribution in [0.2, 0.25) is 4.47 Å². The molecule has 0 bridgehead atoms. The van der Waals surface area contributed by atoms with Crippen LogP contribution < -0.4 is 10.1 Å². The van der Waals surface area contributed by atoms with Crippen molar-refractivity contribution in [3.63, 3.8) is 0 Å². The molecule has 0 unspecified atom stereocenters. The molecule has 1 aromatic heterocycles. The summed E-state index contributed by atoms with van der Waals surface area (Å²) in [4.78, 5) is 4.47. The van der Waals surface area contributed by atoms with Gasteiger partial charge in [-0.15, -0.1) is 11.3 Å². The summed E-state index contributed by atoms with van der Waals surface area (Å²) in [5.74, 6) is -0.0890. The first-order valence-corrected chi connectivity index (χ1v) is 7.41. The van der Waals surface area contributed by atoms with Gasteiger partial charge < -0.3 is 10.1 Å². The van der Waals surface area contributed by atoms with E-state index in [-0.39, 0.29) is 18.0 Å². The van der Waals surface area contributed by atoms with Gasteiger partial charge in [0, 0.05) is 11.1 Å².